The Morgan fingerprint density at radius 2 is 2.27 bits per heavy atom. The van der Waals surface area contributed by atoms with Gasteiger partial charge in [0.15, 0.2) is 5.96 Å². The molecule has 3 heterocycles. The number of nitrogens with one attached hydrogen (secondary N) is 2. The Labute approximate surface area is 177 Å². The summed E-state index contributed by atoms with van der Waals surface area (Å²) in [6.45, 7) is 9.12. The van der Waals surface area contributed by atoms with Gasteiger partial charge in [0.2, 0.25) is 0 Å². The van der Waals surface area contributed by atoms with E-state index in [1.165, 1.54) is 24.2 Å². The zero-order chi connectivity index (χ0) is 17.7. The van der Waals surface area contributed by atoms with Crippen LogP contribution in [0.3, 0.4) is 0 Å². The first kappa shape index (κ1) is 21.3. The van der Waals surface area contributed by atoms with Crippen LogP contribution in [0.4, 0.5) is 0 Å². The van der Waals surface area contributed by atoms with Gasteiger partial charge < -0.3 is 15.0 Å². The second-order valence-corrected chi connectivity index (χ2v) is 8.61. The van der Waals surface area contributed by atoms with Gasteiger partial charge >= 0.3 is 0 Å². The maximum atomic E-state index is 4.80. The molecule has 1 unspecified atom stereocenters. The average molecular weight is 487 g/mol. The van der Waals surface area contributed by atoms with Crippen molar-refractivity contribution < 1.29 is 0 Å². The summed E-state index contributed by atoms with van der Waals surface area (Å²) in [5.74, 6) is 2.18. The van der Waals surface area contributed by atoms with Crippen LogP contribution in [0.2, 0.25) is 0 Å². The Bertz CT molecular complexity index is 737. The van der Waals surface area contributed by atoms with Gasteiger partial charge in [-0.25, -0.2) is 4.98 Å². The molecule has 1 atom stereocenters. The summed E-state index contributed by atoms with van der Waals surface area (Å²) < 4.78 is 2.41. The molecular weight excluding hydrogens is 457 g/mol. The van der Waals surface area contributed by atoms with Crippen molar-refractivity contribution in [3.05, 3.63) is 35.8 Å². The molecule has 7 heteroatoms. The quantitative estimate of drug-likeness (QED) is 0.371. The molecule has 0 bridgehead atoms. The van der Waals surface area contributed by atoms with Crippen molar-refractivity contribution in [2.45, 2.75) is 44.8 Å². The molecule has 0 aromatic carbocycles. The van der Waals surface area contributed by atoms with Crippen LogP contribution in [0.15, 0.2) is 29.5 Å². The highest BCUT2D eigenvalue weighted by Gasteiger charge is 2.29. The van der Waals surface area contributed by atoms with Gasteiger partial charge in [0.05, 0.1) is 12.2 Å². The molecule has 1 aliphatic rings. The van der Waals surface area contributed by atoms with Crippen LogP contribution >= 0.6 is 35.7 Å². The van der Waals surface area contributed by atoms with Crippen LogP contribution in [0.5, 0.6) is 0 Å². The fourth-order valence-corrected chi connectivity index (χ4v) is 4.41. The van der Waals surface area contributed by atoms with Crippen LogP contribution in [-0.2, 0) is 6.42 Å². The van der Waals surface area contributed by atoms with E-state index in [1.54, 1.807) is 0 Å². The third-order valence-corrected chi connectivity index (χ3v) is 6.14. The molecule has 26 heavy (non-hydrogen) atoms. The number of thioether (sulfide) groups is 1. The Hall–Kier alpha value is -0.960. The molecule has 1 saturated heterocycles. The summed E-state index contributed by atoms with van der Waals surface area (Å²) >= 11 is 2.05. The lowest BCUT2D eigenvalue weighted by Gasteiger charge is -2.21. The summed E-state index contributed by atoms with van der Waals surface area (Å²) in [5.41, 5.74) is 3.36. The largest absolute Gasteiger partial charge is 0.357 e. The summed E-state index contributed by atoms with van der Waals surface area (Å²) in [6.07, 6.45) is 7.63. The monoisotopic (exact) mass is 487 g/mol. The topological polar surface area (TPSA) is 53.7 Å². The molecule has 2 aromatic heterocycles. The first-order valence-electron chi connectivity index (χ1n) is 9.19. The Kier molecular flexibility index (Phi) is 8.06. The van der Waals surface area contributed by atoms with E-state index in [0.717, 1.165) is 43.4 Å². The van der Waals surface area contributed by atoms with Crippen molar-refractivity contribution in [1.82, 2.24) is 20.0 Å². The fourth-order valence-electron chi connectivity index (χ4n) is 3.18. The van der Waals surface area contributed by atoms with Crippen molar-refractivity contribution in [2.75, 3.05) is 25.4 Å². The van der Waals surface area contributed by atoms with Crippen molar-refractivity contribution in [1.29, 1.82) is 0 Å². The zero-order valence-electron chi connectivity index (χ0n) is 15.9. The van der Waals surface area contributed by atoms with E-state index in [1.807, 2.05) is 0 Å². The third kappa shape index (κ3) is 5.52. The molecule has 0 spiro atoms. The Balaban J connectivity index is 0.00000243. The average Bonchev–Trinajstić information content (AvgIpc) is 3.20. The Morgan fingerprint density at radius 3 is 2.96 bits per heavy atom. The lowest BCUT2D eigenvalue weighted by molar-refractivity contribution is 0.614. The third-order valence-electron chi connectivity index (χ3n) is 4.62. The molecule has 0 saturated carbocycles. The van der Waals surface area contributed by atoms with Gasteiger partial charge in [-0.2, -0.15) is 11.8 Å². The van der Waals surface area contributed by atoms with E-state index in [2.05, 4.69) is 72.1 Å². The van der Waals surface area contributed by atoms with Crippen molar-refractivity contribution in [2.24, 2.45) is 4.99 Å². The lowest BCUT2D eigenvalue weighted by Crippen LogP contribution is -2.39. The van der Waals surface area contributed by atoms with Gasteiger partial charge in [0, 0.05) is 36.7 Å². The number of aliphatic imine (C=N–C) groups is 1. The van der Waals surface area contributed by atoms with Gasteiger partial charge in [0.1, 0.15) is 5.65 Å². The number of rotatable bonds is 6. The van der Waals surface area contributed by atoms with E-state index < -0.39 is 0 Å². The smallest absolute Gasteiger partial charge is 0.191 e. The maximum absolute atomic E-state index is 4.80. The SMILES string of the molecule is CCNC(=NCC1(C)CCCS1)NCCc1cn2cccc(C)c2n1.I. The minimum atomic E-state index is 0. The van der Waals surface area contributed by atoms with Crippen LogP contribution in [-0.4, -0.2) is 45.5 Å². The molecule has 144 valence electrons. The van der Waals surface area contributed by atoms with Crippen LogP contribution < -0.4 is 10.6 Å². The number of aromatic nitrogens is 2. The highest BCUT2D eigenvalue weighted by molar-refractivity contribution is 14.0. The van der Waals surface area contributed by atoms with Crippen LogP contribution in [0, 0.1) is 6.92 Å². The summed E-state index contributed by atoms with van der Waals surface area (Å²) in [6, 6.07) is 4.16. The second-order valence-electron chi connectivity index (χ2n) is 6.93. The predicted molar refractivity (Wildman–Crippen MR) is 123 cm³/mol. The summed E-state index contributed by atoms with van der Waals surface area (Å²) in [7, 11) is 0. The van der Waals surface area contributed by atoms with Gasteiger partial charge in [-0.1, -0.05) is 6.07 Å². The minimum absolute atomic E-state index is 0. The van der Waals surface area contributed by atoms with Crippen molar-refractivity contribution in [3.63, 3.8) is 0 Å². The molecule has 2 aromatic rings. The zero-order valence-corrected chi connectivity index (χ0v) is 19.1. The number of hydrogen-bond acceptors (Lipinski definition) is 3. The van der Waals surface area contributed by atoms with E-state index >= 15 is 0 Å². The number of aryl methyl sites for hydroxylation is 1. The van der Waals surface area contributed by atoms with Gasteiger partial charge in [-0.05, 0) is 51.0 Å². The molecule has 0 amide bonds. The molecule has 3 rings (SSSR count). The highest BCUT2D eigenvalue weighted by Crippen LogP contribution is 2.37. The molecule has 2 N–H and O–H groups in total. The van der Waals surface area contributed by atoms with Crippen molar-refractivity contribution >= 4 is 47.3 Å². The molecular formula is C19H30IN5S. The highest BCUT2D eigenvalue weighted by atomic mass is 127. The molecule has 1 aliphatic heterocycles. The molecule has 0 aliphatic carbocycles. The van der Waals surface area contributed by atoms with E-state index in [9.17, 15) is 0 Å². The summed E-state index contributed by atoms with van der Waals surface area (Å²) in [5, 5.41) is 6.80. The number of halogens is 1. The first-order chi connectivity index (χ1) is 12.1. The number of imidazole rings is 1. The molecule has 0 radical (unpaired) electrons. The Morgan fingerprint density at radius 1 is 1.42 bits per heavy atom. The van der Waals surface area contributed by atoms with Gasteiger partial charge in [0.25, 0.3) is 0 Å². The standard InChI is InChI=1S/C19H29N5S.HI/c1-4-20-18(22-14-19(3)9-6-12-25-19)21-10-8-16-13-24-11-5-7-15(2)17(24)23-16;/h5,7,11,13H,4,6,8-10,12,14H2,1-3H3,(H2,20,21,22);1H. The van der Waals surface area contributed by atoms with E-state index in [4.69, 9.17) is 9.98 Å². The molecule has 5 nitrogen and oxygen atoms in total. The van der Waals surface area contributed by atoms with Gasteiger partial charge in [-0.15, -0.1) is 24.0 Å². The van der Waals surface area contributed by atoms with Gasteiger partial charge in [-0.3, -0.25) is 4.99 Å². The normalized spacial score (nSPS) is 20.2. The van der Waals surface area contributed by atoms with E-state index in [0.29, 0.717) is 4.75 Å². The second kappa shape index (κ2) is 9.82. The lowest BCUT2D eigenvalue weighted by atomic mass is 10.1. The minimum Gasteiger partial charge on any atom is -0.357 e. The van der Waals surface area contributed by atoms with Crippen LogP contribution in [0.1, 0.15) is 37.9 Å². The van der Waals surface area contributed by atoms with E-state index in [-0.39, 0.29) is 24.0 Å². The number of guanidine groups is 1. The number of pyridine rings is 1. The summed E-state index contributed by atoms with van der Waals surface area (Å²) in [4.78, 5) is 9.54. The number of fused-ring (bicyclic) bond motifs is 1. The van der Waals surface area contributed by atoms with Crippen molar-refractivity contribution in [3.8, 4) is 0 Å². The first-order valence-corrected chi connectivity index (χ1v) is 10.2. The number of hydrogen-bond donors (Lipinski definition) is 2. The van der Waals surface area contributed by atoms with Crippen LogP contribution in [0.25, 0.3) is 5.65 Å². The predicted octanol–water partition coefficient (Wildman–Crippen LogP) is 3.64. The number of nitrogens with zero attached hydrogens (tertiary/aromatic N) is 3. The fraction of sp³-hybridized carbons (Fsp3) is 0.579. The maximum Gasteiger partial charge on any atom is 0.191 e. The molecule has 1 fully saturated rings.